The molecule has 0 aromatic heterocycles. The van der Waals surface area contributed by atoms with Crippen LogP contribution in [0.25, 0.3) is 0 Å². The van der Waals surface area contributed by atoms with Gasteiger partial charge >= 0.3 is 0 Å². The highest BCUT2D eigenvalue weighted by atomic mass is 16.3. The molecule has 0 saturated carbocycles. The molecule has 5 nitrogen and oxygen atoms in total. The lowest BCUT2D eigenvalue weighted by molar-refractivity contribution is 0.102. The third-order valence-electron chi connectivity index (χ3n) is 1.74. The van der Waals surface area contributed by atoms with Crippen LogP contribution in [0.1, 0.15) is 15.9 Å². The van der Waals surface area contributed by atoms with Crippen LogP contribution in [-0.2, 0) is 5.72 Å². The summed E-state index contributed by atoms with van der Waals surface area (Å²) < 4.78 is 0. The molecule has 0 bridgehead atoms. The maximum absolute atomic E-state index is 10.4. The number of benzene rings is 1. The van der Waals surface area contributed by atoms with Gasteiger partial charge in [-0.15, -0.1) is 0 Å². The Kier molecular flexibility index (Phi) is 2.51. The zero-order chi connectivity index (χ0) is 10.8. The van der Waals surface area contributed by atoms with E-state index in [9.17, 15) is 15.0 Å². The molecule has 0 amide bonds. The van der Waals surface area contributed by atoms with Gasteiger partial charge in [-0.05, 0) is 18.2 Å². The summed E-state index contributed by atoms with van der Waals surface area (Å²) in [5.74, 6) is -0.331. The number of phenols is 1. The number of rotatable bonds is 2. The summed E-state index contributed by atoms with van der Waals surface area (Å²) in [5, 5.41) is 27.1. The van der Waals surface area contributed by atoms with Crippen molar-refractivity contribution in [1.29, 1.82) is 5.26 Å². The van der Waals surface area contributed by atoms with E-state index in [0.29, 0.717) is 6.29 Å². The summed E-state index contributed by atoms with van der Waals surface area (Å²) >= 11 is 0. The van der Waals surface area contributed by atoms with E-state index in [1.54, 1.807) is 0 Å². The van der Waals surface area contributed by atoms with Gasteiger partial charge in [0.25, 0.3) is 0 Å². The Morgan fingerprint density at radius 2 is 2.21 bits per heavy atom. The van der Waals surface area contributed by atoms with Crippen LogP contribution in [-0.4, -0.2) is 16.5 Å². The van der Waals surface area contributed by atoms with E-state index < -0.39 is 5.72 Å². The van der Waals surface area contributed by atoms with Crippen molar-refractivity contribution in [2.45, 2.75) is 5.72 Å². The predicted molar refractivity (Wildman–Crippen MR) is 47.2 cm³/mol. The van der Waals surface area contributed by atoms with Gasteiger partial charge in [-0.2, -0.15) is 5.26 Å². The third-order valence-corrected chi connectivity index (χ3v) is 1.74. The number of aromatic hydroxyl groups is 1. The predicted octanol–water partition coefficient (Wildman–Crippen LogP) is -0.168. The van der Waals surface area contributed by atoms with Gasteiger partial charge in [0.15, 0.2) is 0 Å². The minimum atomic E-state index is -2.29. The molecule has 72 valence electrons. The number of nitrogens with two attached hydrogens (primary N) is 1. The van der Waals surface area contributed by atoms with Crippen LogP contribution < -0.4 is 5.73 Å². The second-order valence-electron chi connectivity index (χ2n) is 2.77. The fourth-order valence-corrected chi connectivity index (χ4v) is 0.992. The monoisotopic (exact) mass is 192 g/mol. The minimum absolute atomic E-state index is 0.190. The van der Waals surface area contributed by atoms with Crippen LogP contribution in [0.15, 0.2) is 18.2 Å². The van der Waals surface area contributed by atoms with E-state index in [0.717, 1.165) is 6.07 Å². The Balaban J connectivity index is 3.34. The average molecular weight is 192 g/mol. The summed E-state index contributed by atoms with van der Waals surface area (Å²) in [6.07, 6.45) is 0.524. The van der Waals surface area contributed by atoms with Gasteiger partial charge < -0.3 is 10.2 Å². The van der Waals surface area contributed by atoms with Gasteiger partial charge in [-0.1, -0.05) is 0 Å². The van der Waals surface area contributed by atoms with E-state index >= 15 is 0 Å². The molecule has 1 atom stereocenters. The lowest BCUT2D eigenvalue weighted by atomic mass is 10.0. The van der Waals surface area contributed by atoms with Gasteiger partial charge in [0.05, 0.1) is 5.56 Å². The van der Waals surface area contributed by atoms with Gasteiger partial charge in [0.1, 0.15) is 18.1 Å². The number of carbonyl (C=O) groups is 1. The Morgan fingerprint density at radius 3 is 2.71 bits per heavy atom. The van der Waals surface area contributed by atoms with E-state index in [1.807, 2.05) is 0 Å². The highest BCUT2D eigenvalue weighted by Crippen LogP contribution is 2.25. The molecule has 1 aromatic rings. The summed E-state index contributed by atoms with van der Waals surface area (Å²) in [7, 11) is 0. The molecule has 0 heterocycles. The van der Waals surface area contributed by atoms with Crippen molar-refractivity contribution in [3.05, 3.63) is 29.3 Å². The Morgan fingerprint density at radius 1 is 1.57 bits per heavy atom. The first-order chi connectivity index (χ1) is 6.51. The standard InChI is InChI=1S/C9H8N2O3/c10-5-9(11,14)7-3-6(4-12)1-2-8(7)13/h1-4,13-14H,11H2/t9-/m0/s1. The summed E-state index contributed by atoms with van der Waals surface area (Å²) in [5.41, 5.74) is 2.92. The van der Waals surface area contributed by atoms with Crippen molar-refractivity contribution in [2.24, 2.45) is 5.73 Å². The highest BCUT2D eigenvalue weighted by molar-refractivity contribution is 5.75. The summed E-state index contributed by atoms with van der Waals surface area (Å²) in [6, 6.07) is 5.10. The molecule has 0 spiro atoms. The van der Waals surface area contributed by atoms with Crippen LogP contribution >= 0.6 is 0 Å². The maximum atomic E-state index is 10.4. The molecule has 0 fully saturated rings. The van der Waals surface area contributed by atoms with E-state index in [-0.39, 0.29) is 16.9 Å². The van der Waals surface area contributed by atoms with E-state index in [2.05, 4.69) is 0 Å². The summed E-state index contributed by atoms with van der Waals surface area (Å²) in [4.78, 5) is 10.4. The quantitative estimate of drug-likeness (QED) is 0.342. The van der Waals surface area contributed by atoms with Crippen LogP contribution in [0.2, 0.25) is 0 Å². The van der Waals surface area contributed by atoms with E-state index in [1.165, 1.54) is 18.2 Å². The van der Waals surface area contributed by atoms with Crippen molar-refractivity contribution in [2.75, 3.05) is 0 Å². The highest BCUT2D eigenvalue weighted by Gasteiger charge is 2.26. The molecule has 1 rings (SSSR count). The molecule has 5 heteroatoms. The molecule has 14 heavy (non-hydrogen) atoms. The second-order valence-corrected chi connectivity index (χ2v) is 2.77. The number of hydrogen-bond acceptors (Lipinski definition) is 5. The van der Waals surface area contributed by atoms with E-state index in [4.69, 9.17) is 11.0 Å². The van der Waals surface area contributed by atoms with Gasteiger partial charge in [-0.25, -0.2) is 0 Å². The van der Waals surface area contributed by atoms with Crippen LogP contribution in [0, 0.1) is 11.3 Å². The fourth-order valence-electron chi connectivity index (χ4n) is 0.992. The van der Waals surface area contributed by atoms with Crippen LogP contribution in [0.5, 0.6) is 5.75 Å². The first-order valence-corrected chi connectivity index (χ1v) is 3.72. The number of phenolic OH excluding ortho intramolecular Hbond substituents is 1. The average Bonchev–Trinajstić information content (AvgIpc) is 2.18. The SMILES string of the molecule is N#C[C@](N)(O)c1cc(C=O)ccc1O. The molecule has 1 aromatic carbocycles. The fraction of sp³-hybridized carbons (Fsp3) is 0.111. The second kappa shape index (κ2) is 3.46. The van der Waals surface area contributed by atoms with Gasteiger partial charge in [-0.3, -0.25) is 10.5 Å². The number of nitrogens with zero attached hydrogens (tertiary/aromatic N) is 1. The largest absolute Gasteiger partial charge is 0.507 e. The number of aliphatic hydroxyl groups is 1. The number of aldehydes is 1. The zero-order valence-corrected chi connectivity index (χ0v) is 7.14. The maximum Gasteiger partial charge on any atom is 0.233 e. The number of hydrogen-bond donors (Lipinski definition) is 3. The number of carbonyl (C=O) groups excluding carboxylic acids is 1. The molecular weight excluding hydrogens is 184 g/mol. The molecule has 4 N–H and O–H groups in total. The Labute approximate surface area is 80.0 Å². The molecule has 0 aliphatic heterocycles. The number of nitriles is 1. The molecule has 0 aliphatic rings. The first-order valence-electron chi connectivity index (χ1n) is 3.72. The molecule has 0 aliphatic carbocycles. The smallest absolute Gasteiger partial charge is 0.233 e. The van der Waals surface area contributed by atoms with Crippen molar-refractivity contribution >= 4 is 6.29 Å². The molecular formula is C9H8N2O3. The van der Waals surface area contributed by atoms with Gasteiger partial charge in [0.2, 0.25) is 5.72 Å². The van der Waals surface area contributed by atoms with Crippen LogP contribution in [0.4, 0.5) is 0 Å². The molecule has 0 unspecified atom stereocenters. The lowest BCUT2D eigenvalue weighted by Gasteiger charge is -2.15. The topological polar surface area (TPSA) is 107 Å². The first kappa shape index (κ1) is 10.2. The zero-order valence-electron chi connectivity index (χ0n) is 7.14. The van der Waals surface area contributed by atoms with Crippen molar-refractivity contribution in [3.8, 4) is 11.8 Å². The minimum Gasteiger partial charge on any atom is -0.507 e. The molecule has 0 saturated heterocycles. The normalized spacial score (nSPS) is 14.1. The molecule has 0 radical (unpaired) electrons. The summed E-state index contributed by atoms with van der Waals surface area (Å²) in [6.45, 7) is 0. The Hall–Kier alpha value is -1.90. The lowest BCUT2D eigenvalue weighted by Crippen LogP contribution is -2.34. The van der Waals surface area contributed by atoms with Crippen molar-refractivity contribution in [1.82, 2.24) is 0 Å². The van der Waals surface area contributed by atoms with Crippen molar-refractivity contribution < 1.29 is 15.0 Å². The van der Waals surface area contributed by atoms with Crippen molar-refractivity contribution in [3.63, 3.8) is 0 Å². The van der Waals surface area contributed by atoms with Crippen LogP contribution in [0.3, 0.4) is 0 Å². The Bertz CT molecular complexity index is 407. The third kappa shape index (κ3) is 1.71. The van der Waals surface area contributed by atoms with Gasteiger partial charge in [0, 0.05) is 5.56 Å².